The van der Waals surface area contributed by atoms with Gasteiger partial charge in [-0.05, 0) is 37.9 Å². The van der Waals surface area contributed by atoms with Crippen LogP contribution in [0.1, 0.15) is 18.4 Å². The fraction of sp³-hybridized carbons (Fsp3) is 0.500. The molecule has 2 rings (SSSR count). The minimum atomic E-state index is -0.0491. The molecule has 1 aromatic rings. The van der Waals surface area contributed by atoms with Gasteiger partial charge in [0.1, 0.15) is 5.75 Å². The van der Waals surface area contributed by atoms with Crippen molar-refractivity contribution in [2.75, 3.05) is 19.7 Å². The highest BCUT2D eigenvalue weighted by molar-refractivity contribution is 5.77. The molecule has 0 saturated carbocycles. The van der Waals surface area contributed by atoms with Crippen LogP contribution in [-0.4, -0.2) is 31.6 Å². The number of para-hydroxylation sites is 1. The van der Waals surface area contributed by atoms with E-state index in [0.717, 1.165) is 37.2 Å². The Morgan fingerprint density at radius 3 is 3.06 bits per heavy atom. The number of nitrogens with one attached hydrogen (secondary N) is 2. The van der Waals surface area contributed by atoms with Gasteiger partial charge in [0.2, 0.25) is 0 Å². The molecule has 1 unspecified atom stereocenters. The van der Waals surface area contributed by atoms with E-state index in [1.54, 1.807) is 0 Å². The first-order valence-electron chi connectivity index (χ1n) is 6.44. The van der Waals surface area contributed by atoms with Gasteiger partial charge in [-0.25, -0.2) is 0 Å². The monoisotopic (exact) mass is 248 g/mol. The van der Waals surface area contributed by atoms with E-state index in [-0.39, 0.29) is 18.6 Å². The maximum atomic E-state index is 11.7. The summed E-state index contributed by atoms with van der Waals surface area (Å²) < 4.78 is 5.51. The molecule has 1 amide bonds. The highest BCUT2D eigenvalue weighted by Crippen LogP contribution is 2.15. The third-order valence-corrected chi connectivity index (χ3v) is 3.11. The molecule has 1 aliphatic heterocycles. The van der Waals surface area contributed by atoms with Crippen molar-refractivity contribution in [2.24, 2.45) is 0 Å². The van der Waals surface area contributed by atoms with Gasteiger partial charge >= 0.3 is 0 Å². The first-order chi connectivity index (χ1) is 8.75. The molecule has 4 heteroatoms. The molecule has 1 aromatic carbocycles. The molecule has 0 radical (unpaired) electrons. The summed E-state index contributed by atoms with van der Waals surface area (Å²) in [7, 11) is 0. The van der Waals surface area contributed by atoms with Crippen molar-refractivity contribution < 1.29 is 9.53 Å². The lowest BCUT2D eigenvalue weighted by Crippen LogP contribution is -2.47. The summed E-state index contributed by atoms with van der Waals surface area (Å²) in [5, 5.41) is 6.25. The third kappa shape index (κ3) is 3.74. The molecule has 4 nitrogen and oxygen atoms in total. The molecule has 1 fully saturated rings. The molecular formula is C14H20N2O2. The van der Waals surface area contributed by atoms with Crippen molar-refractivity contribution >= 4 is 5.91 Å². The van der Waals surface area contributed by atoms with Crippen LogP contribution in [0.5, 0.6) is 5.75 Å². The van der Waals surface area contributed by atoms with Crippen LogP contribution in [0.15, 0.2) is 24.3 Å². The number of piperidine rings is 1. The fourth-order valence-electron chi connectivity index (χ4n) is 2.11. The fourth-order valence-corrected chi connectivity index (χ4v) is 2.11. The van der Waals surface area contributed by atoms with Crippen LogP contribution < -0.4 is 15.4 Å². The van der Waals surface area contributed by atoms with Crippen molar-refractivity contribution in [3.63, 3.8) is 0 Å². The van der Waals surface area contributed by atoms with E-state index < -0.39 is 0 Å². The van der Waals surface area contributed by atoms with Crippen LogP contribution in [0.25, 0.3) is 0 Å². The van der Waals surface area contributed by atoms with Gasteiger partial charge < -0.3 is 15.4 Å². The lowest BCUT2D eigenvalue weighted by Gasteiger charge is -2.23. The van der Waals surface area contributed by atoms with Gasteiger partial charge in [-0.15, -0.1) is 0 Å². The number of ether oxygens (including phenoxy) is 1. The molecule has 1 atom stereocenters. The Hall–Kier alpha value is -1.55. The molecule has 18 heavy (non-hydrogen) atoms. The maximum absolute atomic E-state index is 11.7. The molecule has 1 saturated heterocycles. The Labute approximate surface area is 108 Å². The third-order valence-electron chi connectivity index (χ3n) is 3.11. The van der Waals surface area contributed by atoms with Crippen molar-refractivity contribution in [3.05, 3.63) is 29.8 Å². The van der Waals surface area contributed by atoms with Crippen molar-refractivity contribution in [3.8, 4) is 5.75 Å². The largest absolute Gasteiger partial charge is 0.484 e. The number of benzene rings is 1. The Morgan fingerprint density at radius 1 is 1.50 bits per heavy atom. The standard InChI is InChI=1S/C14H20N2O2/c1-11-5-2-3-7-13(11)18-10-14(17)16-12-6-4-8-15-9-12/h2-3,5,7,12,15H,4,6,8-10H2,1H3,(H,16,17). The molecule has 2 N–H and O–H groups in total. The second kappa shape index (κ2) is 6.40. The summed E-state index contributed by atoms with van der Waals surface area (Å²) >= 11 is 0. The normalized spacial score (nSPS) is 19.3. The lowest BCUT2D eigenvalue weighted by molar-refractivity contribution is -0.123. The minimum Gasteiger partial charge on any atom is -0.484 e. The van der Waals surface area contributed by atoms with E-state index in [2.05, 4.69) is 10.6 Å². The predicted octanol–water partition coefficient (Wildman–Crippen LogP) is 1.24. The van der Waals surface area contributed by atoms with Gasteiger partial charge in [0.25, 0.3) is 5.91 Å². The smallest absolute Gasteiger partial charge is 0.258 e. The number of amides is 1. The van der Waals surface area contributed by atoms with Gasteiger partial charge in [-0.2, -0.15) is 0 Å². The number of carbonyl (C=O) groups excluding carboxylic acids is 1. The molecular weight excluding hydrogens is 228 g/mol. The van der Waals surface area contributed by atoms with Crippen LogP contribution in [-0.2, 0) is 4.79 Å². The summed E-state index contributed by atoms with van der Waals surface area (Å²) in [6.07, 6.45) is 2.16. The van der Waals surface area contributed by atoms with E-state index in [9.17, 15) is 4.79 Å². The van der Waals surface area contributed by atoms with Crippen molar-refractivity contribution in [2.45, 2.75) is 25.8 Å². The highest BCUT2D eigenvalue weighted by atomic mass is 16.5. The molecule has 98 valence electrons. The molecule has 1 aliphatic rings. The number of carbonyl (C=O) groups is 1. The zero-order valence-electron chi connectivity index (χ0n) is 10.7. The second-order valence-corrected chi connectivity index (χ2v) is 4.66. The van der Waals surface area contributed by atoms with Crippen LogP contribution in [0, 0.1) is 6.92 Å². The molecule has 0 bridgehead atoms. The number of hydrogen-bond acceptors (Lipinski definition) is 3. The molecule has 0 aliphatic carbocycles. The minimum absolute atomic E-state index is 0.0491. The number of rotatable bonds is 4. The van der Waals surface area contributed by atoms with Crippen molar-refractivity contribution in [1.82, 2.24) is 10.6 Å². The summed E-state index contributed by atoms with van der Waals surface area (Å²) in [4.78, 5) is 11.7. The van der Waals surface area contributed by atoms with Crippen molar-refractivity contribution in [1.29, 1.82) is 0 Å². The van der Waals surface area contributed by atoms with Gasteiger partial charge in [-0.3, -0.25) is 4.79 Å². The van der Waals surface area contributed by atoms with Crippen LogP contribution >= 0.6 is 0 Å². The Kier molecular flexibility index (Phi) is 4.59. The summed E-state index contributed by atoms with van der Waals surface area (Å²) in [5.41, 5.74) is 1.05. The molecule has 1 heterocycles. The topological polar surface area (TPSA) is 50.4 Å². The maximum Gasteiger partial charge on any atom is 0.258 e. The summed E-state index contributed by atoms with van der Waals surface area (Å²) in [5.74, 6) is 0.723. The average molecular weight is 248 g/mol. The summed E-state index contributed by atoms with van der Waals surface area (Å²) in [6, 6.07) is 7.95. The Bertz CT molecular complexity index is 401. The van der Waals surface area contributed by atoms with Crippen LogP contribution in [0.3, 0.4) is 0 Å². The Morgan fingerprint density at radius 2 is 2.33 bits per heavy atom. The van der Waals surface area contributed by atoms with Gasteiger partial charge in [0.05, 0.1) is 0 Å². The van der Waals surface area contributed by atoms with E-state index in [4.69, 9.17) is 4.74 Å². The van der Waals surface area contributed by atoms with Gasteiger partial charge in [0, 0.05) is 12.6 Å². The van der Waals surface area contributed by atoms with E-state index in [0.29, 0.717) is 0 Å². The zero-order chi connectivity index (χ0) is 12.8. The van der Waals surface area contributed by atoms with E-state index >= 15 is 0 Å². The van der Waals surface area contributed by atoms with E-state index in [1.807, 2.05) is 31.2 Å². The Balaban J connectivity index is 1.76. The second-order valence-electron chi connectivity index (χ2n) is 4.66. The number of hydrogen-bond donors (Lipinski definition) is 2. The SMILES string of the molecule is Cc1ccccc1OCC(=O)NC1CCCNC1. The summed E-state index contributed by atoms with van der Waals surface area (Å²) in [6.45, 7) is 3.96. The first kappa shape index (κ1) is 12.9. The van der Waals surface area contributed by atoms with Crippen LogP contribution in [0.4, 0.5) is 0 Å². The molecule has 0 spiro atoms. The first-order valence-corrected chi connectivity index (χ1v) is 6.44. The predicted molar refractivity (Wildman–Crippen MR) is 70.7 cm³/mol. The average Bonchev–Trinajstić information content (AvgIpc) is 2.39. The quantitative estimate of drug-likeness (QED) is 0.843. The van der Waals surface area contributed by atoms with E-state index in [1.165, 1.54) is 0 Å². The van der Waals surface area contributed by atoms with Gasteiger partial charge in [0.15, 0.2) is 6.61 Å². The lowest BCUT2D eigenvalue weighted by atomic mass is 10.1. The van der Waals surface area contributed by atoms with Crippen LogP contribution in [0.2, 0.25) is 0 Å². The molecule has 0 aromatic heterocycles. The van der Waals surface area contributed by atoms with Gasteiger partial charge in [-0.1, -0.05) is 18.2 Å². The highest BCUT2D eigenvalue weighted by Gasteiger charge is 2.15. The number of aryl methyl sites for hydroxylation is 1. The zero-order valence-corrected chi connectivity index (χ0v) is 10.7.